The number of halogens is 2. The van der Waals surface area contributed by atoms with Gasteiger partial charge in [0, 0.05) is 32.7 Å². The van der Waals surface area contributed by atoms with Gasteiger partial charge in [0.2, 0.25) is 5.91 Å². The first-order valence-electron chi connectivity index (χ1n) is 9.96. The Morgan fingerprint density at radius 1 is 1.07 bits per heavy atom. The molecule has 0 radical (unpaired) electrons. The van der Waals surface area contributed by atoms with Gasteiger partial charge in [-0.2, -0.15) is 0 Å². The molecular formula is C22H27Cl2N3O3. The number of benzene rings is 2. The summed E-state index contributed by atoms with van der Waals surface area (Å²) in [6.45, 7) is 6.80. The van der Waals surface area contributed by atoms with Gasteiger partial charge in [-0.3, -0.25) is 14.6 Å². The minimum atomic E-state index is -0.252. The molecular weight excluding hydrogens is 425 g/mol. The fraction of sp³-hybridized carbons (Fsp3) is 0.409. The first-order chi connectivity index (χ1) is 14.5. The Hall–Kier alpha value is -1.99. The quantitative estimate of drug-likeness (QED) is 0.656. The number of nitrogens with zero attached hydrogens (tertiary/aromatic N) is 2. The molecule has 0 aromatic heterocycles. The molecule has 1 amide bonds. The van der Waals surface area contributed by atoms with Gasteiger partial charge in [0.05, 0.1) is 28.9 Å². The number of anilines is 1. The number of rotatable bonds is 8. The van der Waals surface area contributed by atoms with E-state index in [9.17, 15) is 4.79 Å². The maximum absolute atomic E-state index is 12.6. The number of carbonyl (C=O) groups is 1. The fourth-order valence-corrected chi connectivity index (χ4v) is 3.69. The first kappa shape index (κ1) is 22.7. The highest BCUT2D eigenvalue weighted by Gasteiger charge is 2.26. The number of ether oxygens (including phenoxy) is 2. The normalized spacial score (nSPS) is 16.1. The predicted molar refractivity (Wildman–Crippen MR) is 121 cm³/mol. The van der Waals surface area contributed by atoms with Gasteiger partial charge in [-0.05, 0) is 43.3 Å². The molecule has 1 aliphatic rings. The summed E-state index contributed by atoms with van der Waals surface area (Å²) in [5.74, 6) is 1.56. The van der Waals surface area contributed by atoms with Gasteiger partial charge >= 0.3 is 0 Å². The lowest BCUT2D eigenvalue weighted by atomic mass is 10.2. The van der Waals surface area contributed by atoms with Crippen molar-refractivity contribution in [2.75, 3.05) is 51.8 Å². The molecule has 0 saturated carbocycles. The van der Waals surface area contributed by atoms with E-state index in [0.717, 1.165) is 44.2 Å². The largest absolute Gasteiger partial charge is 0.497 e. The predicted octanol–water partition coefficient (Wildman–Crippen LogP) is 4.03. The lowest BCUT2D eigenvalue weighted by molar-refractivity contribution is -0.121. The zero-order valence-corrected chi connectivity index (χ0v) is 18.7. The third kappa shape index (κ3) is 6.01. The van der Waals surface area contributed by atoms with E-state index in [1.54, 1.807) is 25.3 Å². The highest BCUT2D eigenvalue weighted by Crippen LogP contribution is 2.29. The van der Waals surface area contributed by atoms with E-state index in [1.165, 1.54) is 0 Å². The monoisotopic (exact) mass is 451 g/mol. The molecule has 3 rings (SSSR count). The molecule has 1 aliphatic heterocycles. The van der Waals surface area contributed by atoms with Crippen LogP contribution in [0.25, 0.3) is 0 Å². The zero-order chi connectivity index (χ0) is 21.5. The number of nitrogens with one attached hydrogen (secondary N) is 1. The van der Waals surface area contributed by atoms with Crippen molar-refractivity contribution in [1.82, 2.24) is 9.80 Å². The Bertz CT molecular complexity index is 840. The molecule has 1 heterocycles. The van der Waals surface area contributed by atoms with Crippen LogP contribution >= 0.6 is 23.2 Å². The lowest BCUT2D eigenvalue weighted by Crippen LogP contribution is -2.53. The number of hydrogen-bond donors (Lipinski definition) is 1. The van der Waals surface area contributed by atoms with Crippen molar-refractivity contribution < 1.29 is 14.3 Å². The van der Waals surface area contributed by atoms with E-state index in [4.69, 9.17) is 32.7 Å². The molecule has 0 aliphatic carbocycles. The number of piperazine rings is 1. The number of hydrogen-bond acceptors (Lipinski definition) is 5. The van der Waals surface area contributed by atoms with E-state index in [0.29, 0.717) is 22.3 Å². The summed E-state index contributed by atoms with van der Waals surface area (Å²) in [5.41, 5.74) is 0.537. The van der Waals surface area contributed by atoms with Crippen LogP contribution in [0.4, 0.5) is 5.69 Å². The van der Waals surface area contributed by atoms with E-state index in [1.807, 2.05) is 31.2 Å². The van der Waals surface area contributed by atoms with E-state index in [2.05, 4.69) is 15.1 Å². The Balaban J connectivity index is 1.40. The van der Waals surface area contributed by atoms with Crippen LogP contribution in [0.3, 0.4) is 0 Å². The van der Waals surface area contributed by atoms with Crippen LogP contribution in [0.2, 0.25) is 10.0 Å². The number of methoxy groups -OCH3 is 1. The Morgan fingerprint density at radius 3 is 2.40 bits per heavy atom. The summed E-state index contributed by atoms with van der Waals surface area (Å²) >= 11 is 12.2. The summed E-state index contributed by atoms with van der Waals surface area (Å²) in [6.07, 6.45) is 0. The number of amides is 1. The molecule has 2 aromatic carbocycles. The van der Waals surface area contributed by atoms with Crippen molar-refractivity contribution in [1.29, 1.82) is 0 Å². The second-order valence-corrected chi connectivity index (χ2v) is 7.95. The molecule has 0 spiro atoms. The summed E-state index contributed by atoms with van der Waals surface area (Å²) in [4.78, 5) is 17.2. The maximum Gasteiger partial charge on any atom is 0.241 e. The van der Waals surface area contributed by atoms with Gasteiger partial charge < -0.3 is 14.8 Å². The van der Waals surface area contributed by atoms with Crippen LogP contribution in [-0.2, 0) is 4.79 Å². The van der Waals surface area contributed by atoms with E-state index in [-0.39, 0.29) is 11.9 Å². The van der Waals surface area contributed by atoms with E-state index < -0.39 is 0 Å². The Labute approximate surface area is 187 Å². The highest BCUT2D eigenvalue weighted by atomic mass is 35.5. The summed E-state index contributed by atoms with van der Waals surface area (Å²) in [7, 11) is 1.65. The maximum atomic E-state index is 12.6. The van der Waals surface area contributed by atoms with Crippen LogP contribution in [0.5, 0.6) is 11.5 Å². The number of carbonyl (C=O) groups excluding carboxylic acids is 1. The Kier molecular flexibility index (Phi) is 8.22. The molecule has 1 N–H and O–H groups in total. The van der Waals surface area contributed by atoms with Crippen molar-refractivity contribution in [3.05, 3.63) is 52.5 Å². The standard InChI is InChI=1S/C22H27Cl2N3O3/c1-16(22(28)25-20-5-3-4-19(23)21(20)24)27-12-10-26(11-13-27)14-15-30-18-8-6-17(29-2)7-9-18/h3-9,16H,10-15H2,1-2H3,(H,25,28). The summed E-state index contributed by atoms with van der Waals surface area (Å²) in [6, 6.07) is 12.5. The average Bonchev–Trinajstić information content (AvgIpc) is 2.77. The van der Waals surface area contributed by atoms with Crippen LogP contribution in [0.15, 0.2) is 42.5 Å². The van der Waals surface area contributed by atoms with Crippen molar-refractivity contribution >= 4 is 34.8 Å². The summed E-state index contributed by atoms with van der Waals surface area (Å²) in [5, 5.41) is 3.67. The minimum Gasteiger partial charge on any atom is -0.497 e. The van der Waals surface area contributed by atoms with Crippen LogP contribution in [0, 0.1) is 0 Å². The van der Waals surface area contributed by atoms with Gasteiger partial charge in [0.25, 0.3) is 0 Å². The lowest BCUT2D eigenvalue weighted by Gasteiger charge is -2.37. The van der Waals surface area contributed by atoms with Crippen LogP contribution < -0.4 is 14.8 Å². The third-order valence-corrected chi connectivity index (χ3v) is 6.10. The first-order valence-corrected chi connectivity index (χ1v) is 10.7. The van der Waals surface area contributed by atoms with Crippen LogP contribution in [0.1, 0.15) is 6.92 Å². The molecule has 1 fully saturated rings. The average molecular weight is 452 g/mol. The van der Waals surface area contributed by atoms with Crippen molar-refractivity contribution in [2.24, 2.45) is 0 Å². The molecule has 1 saturated heterocycles. The molecule has 0 bridgehead atoms. The molecule has 162 valence electrons. The third-order valence-electron chi connectivity index (χ3n) is 5.28. The molecule has 2 aromatic rings. The van der Waals surface area contributed by atoms with Gasteiger partial charge in [0.15, 0.2) is 0 Å². The molecule has 6 nitrogen and oxygen atoms in total. The fourth-order valence-electron chi connectivity index (χ4n) is 3.34. The van der Waals surface area contributed by atoms with Gasteiger partial charge in [0.1, 0.15) is 18.1 Å². The SMILES string of the molecule is COc1ccc(OCCN2CCN(C(C)C(=O)Nc3cccc(Cl)c3Cl)CC2)cc1. The molecule has 30 heavy (non-hydrogen) atoms. The molecule has 8 heteroatoms. The minimum absolute atomic E-state index is 0.0875. The summed E-state index contributed by atoms with van der Waals surface area (Å²) < 4.78 is 11.0. The molecule has 1 unspecified atom stereocenters. The van der Waals surface area contributed by atoms with Gasteiger partial charge in [-0.15, -0.1) is 0 Å². The second kappa shape index (κ2) is 10.9. The zero-order valence-electron chi connectivity index (χ0n) is 17.2. The molecule has 1 atom stereocenters. The van der Waals surface area contributed by atoms with Crippen molar-refractivity contribution in [3.63, 3.8) is 0 Å². The second-order valence-electron chi connectivity index (χ2n) is 7.17. The Morgan fingerprint density at radius 2 is 1.73 bits per heavy atom. The van der Waals surface area contributed by atoms with E-state index >= 15 is 0 Å². The topological polar surface area (TPSA) is 54.0 Å². The van der Waals surface area contributed by atoms with Gasteiger partial charge in [-0.25, -0.2) is 0 Å². The van der Waals surface area contributed by atoms with Crippen molar-refractivity contribution in [2.45, 2.75) is 13.0 Å². The van der Waals surface area contributed by atoms with Gasteiger partial charge in [-0.1, -0.05) is 29.3 Å². The highest BCUT2D eigenvalue weighted by molar-refractivity contribution is 6.44. The van der Waals surface area contributed by atoms with Crippen molar-refractivity contribution in [3.8, 4) is 11.5 Å². The van der Waals surface area contributed by atoms with Crippen LogP contribution in [-0.4, -0.2) is 68.2 Å². The smallest absolute Gasteiger partial charge is 0.241 e.